The van der Waals surface area contributed by atoms with Gasteiger partial charge in [-0.2, -0.15) is 0 Å². The van der Waals surface area contributed by atoms with E-state index in [9.17, 15) is 5.11 Å². The first-order valence-corrected chi connectivity index (χ1v) is 5.17. The molecule has 0 saturated heterocycles. The predicted molar refractivity (Wildman–Crippen MR) is 63.3 cm³/mol. The van der Waals surface area contributed by atoms with Gasteiger partial charge in [0.15, 0.2) is 10.8 Å². The van der Waals surface area contributed by atoms with Gasteiger partial charge in [-0.15, -0.1) is 0 Å². The van der Waals surface area contributed by atoms with E-state index in [1.165, 1.54) is 0 Å². The van der Waals surface area contributed by atoms with Gasteiger partial charge in [0, 0.05) is 18.3 Å². The van der Waals surface area contributed by atoms with Crippen molar-refractivity contribution in [2.24, 2.45) is 0 Å². The first kappa shape index (κ1) is 12.0. The van der Waals surface area contributed by atoms with Gasteiger partial charge < -0.3 is 19.6 Å². The molecule has 0 fully saturated rings. The van der Waals surface area contributed by atoms with Crippen molar-refractivity contribution in [3.63, 3.8) is 0 Å². The van der Waals surface area contributed by atoms with Gasteiger partial charge in [-0.3, -0.25) is 0 Å². The van der Waals surface area contributed by atoms with Crippen LogP contribution in [0.5, 0.6) is 0 Å². The first-order valence-electron chi connectivity index (χ1n) is 4.76. The molecule has 0 aliphatic rings. The summed E-state index contributed by atoms with van der Waals surface area (Å²) in [5.41, 5.74) is 0.980. The summed E-state index contributed by atoms with van der Waals surface area (Å²) in [4.78, 5) is 5.94. The molecule has 0 aromatic carbocycles. The number of nitrogens with zero attached hydrogens (tertiary/aromatic N) is 1. The van der Waals surface area contributed by atoms with E-state index in [2.05, 4.69) is 16.5 Å². The molecule has 0 saturated carbocycles. The number of aromatic nitrogens is 2. The zero-order chi connectivity index (χ0) is 11.6. The van der Waals surface area contributed by atoms with Crippen LogP contribution in [0.4, 0.5) is 0 Å². The fourth-order valence-electron chi connectivity index (χ4n) is 1.53. The van der Waals surface area contributed by atoms with Crippen LogP contribution in [0.15, 0.2) is 18.5 Å². The Morgan fingerprint density at radius 3 is 2.53 bits per heavy atom. The van der Waals surface area contributed by atoms with E-state index < -0.39 is 0 Å². The van der Waals surface area contributed by atoms with Crippen molar-refractivity contribution in [3.05, 3.63) is 29.0 Å². The lowest BCUT2D eigenvalue weighted by atomic mass is 10.1. The Labute approximate surface area is 94.8 Å². The van der Waals surface area contributed by atoms with Crippen LogP contribution in [0.1, 0.15) is 5.69 Å². The summed E-state index contributed by atoms with van der Waals surface area (Å²) in [5.74, 6) is 0.197. The molecule has 0 radical (unpaired) electrons. The lowest BCUT2D eigenvalue weighted by Gasteiger charge is -2.33. The van der Waals surface area contributed by atoms with Gasteiger partial charge in [-0.05, 0) is 12.2 Å². The number of hydrogen-bond donors (Lipinski definition) is 3. The number of rotatable bonds is 4. The van der Waals surface area contributed by atoms with Crippen LogP contribution < -0.4 is 0 Å². The summed E-state index contributed by atoms with van der Waals surface area (Å²) in [6.45, 7) is 3.61. The highest BCUT2D eigenvalue weighted by molar-refractivity contribution is 7.71. The summed E-state index contributed by atoms with van der Waals surface area (Å²) >= 11 is 4.94. The molecule has 15 heavy (non-hydrogen) atoms. The molecule has 84 valence electrons. The monoisotopic (exact) mass is 228 g/mol. The van der Waals surface area contributed by atoms with Crippen LogP contribution in [0.3, 0.4) is 0 Å². The molecule has 3 N–H and O–H groups in total. The number of hydrogen-bond acceptors (Lipinski definition) is 2. The molecule has 0 spiro atoms. The van der Waals surface area contributed by atoms with Crippen molar-refractivity contribution < 1.29 is 9.59 Å². The summed E-state index contributed by atoms with van der Waals surface area (Å²) in [7, 11) is 6.06. The van der Waals surface area contributed by atoms with Crippen molar-refractivity contribution in [3.8, 4) is 0 Å². The fraction of sp³-hybridized carbons (Fsp3) is 0.500. The van der Waals surface area contributed by atoms with Crippen molar-refractivity contribution in [1.82, 2.24) is 9.97 Å². The highest BCUT2D eigenvalue weighted by atomic mass is 32.1. The van der Waals surface area contributed by atoms with E-state index in [0.717, 1.165) is 5.69 Å². The van der Waals surface area contributed by atoms with Crippen LogP contribution in [-0.4, -0.2) is 46.7 Å². The van der Waals surface area contributed by atoms with Crippen molar-refractivity contribution in [1.29, 1.82) is 0 Å². The van der Waals surface area contributed by atoms with Gasteiger partial charge in [-0.1, -0.05) is 6.58 Å². The topological polar surface area (TPSA) is 51.8 Å². The molecule has 0 aliphatic heterocycles. The highest BCUT2D eigenvalue weighted by Crippen LogP contribution is 2.14. The second-order valence-electron chi connectivity index (χ2n) is 4.60. The van der Waals surface area contributed by atoms with E-state index in [1.54, 1.807) is 0 Å². The predicted octanol–water partition coefficient (Wildman–Crippen LogP) is 1.76. The minimum absolute atomic E-state index is 0.0357. The molecule has 0 aliphatic carbocycles. The van der Waals surface area contributed by atoms with E-state index in [-0.39, 0.29) is 11.8 Å². The average Bonchev–Trinajstić information content (AvgIpc) is 2.44. The Morgan fingerprint density at radius 1 is 1.60 bits per heavy atom. The quantitative estimate of drug-likeness (QED) is 0.418. The minimum atomic E-state index is -0.0357. The molecule has 0 unspecified atom stereocenters. The van der Waals surface area contributed by atoms with Crippen LogP contribution in [0, 0.1) is 4.77 Å². The summed E-state index contributed by atoms with van der Waals surface area (Å²) in [5, 5.41) is 9.56. The lowest BCUT2D eigenvalue weighted by Crippen LogP contribution is -2.47. The highest BCUT2D eigenvalue weighted by Gasteiger charge is 2.27. The number of aromatic amines is 2. The SMILES string of the molecule is C=C(O)[C@H](Cc1c[nH]c(=S)[nH]1)[N+](C)(C)C. The largest absolute Gasteiger partial charge is 0.507 e. The third kappa shape index (κ3) is 3.21. The van der Waals surface area contributed by atoms with Gasteiger partial charge in [0.1, 0.15) is 5.76 Å². The van der Waals surface area contributed by atoms with Gasteiger partial charge in [0.2, 0.25) is 0 Å². The molecule has 1 heterocycles. The van der Waals surface area contributed by atoms with Gasteiger partial charge in [-0.25, -0.2) is 0 Å². The Balaban J connectivity index is 2.85. The Morgan fingerprint density at radius 2 is 2.20 bits per heavy atom. The van der Waals surface area contributed by atoms with Gasteiger partial charge in [0.05, 0.1) is 21.1 Å². The maximum absolute atomic E-state index is 9.56. The van der Waals surface area contributed by atoms with Crippen molar-refractivity contribution >= 4 is 12.2 Å². The average molecular weight is 228 g/mol. The first-order chi connectivity index (χ1) is 6.80. The Hall–Kier alpha value is -1.07. The molecule has 5 heteroatoms. The summed E-state index contributed by atoms with van der Waals surface area (Å²) in [6.07, 6.45) is 2.51. The normalized spacial score (nSPS) is 13.8. The van der Waals surface area contributed by atoms with Crippen molar-refractivity contribution in [2.75, 3.05) is 21.1 Å². The number of aliphatic hydroxyl groups is 1. The smallest absolute Gasteiger partial charge is 0.174 e. The van der Waals surface area contributed by atoms with Gasteiger partial charge >= 0.3 is 0 Å². The number of quaternary nitrogens is 1. The number of nitrogens with one attached hydrogen (secondary N) is 2. The third-order valence-corrected chi connectivity index (χ3v) is 2.60. The number of H-pyrrole nitrogens is 2. The molecule has 1 aromatic rings. The summed E-state index contributed by atoms with van der Waals surface area (Å²) in [6, 6.07) is -0.0357. The van der Waals surface area contributed by atoms with E-state index in [0.29, 0.717) is 15.7 Å². The molecule has 1 rings (SSSR count). The maximum atomic E-state index is 9.56. The second-order valence-corrected chi connectivity index (χ2v) is 5.00. The maximum Gasteiger partial charge on any atom is 0.174 e. The number of imidazole rings is 1. The molecule has 0 bridgehead atoms. The molecular formula is C10H18N3OS+. The van der Waals surface area contributed by atoms with E-state index in [1.807, 2.05) is 27.3 Å². The van der Waals surface area contributed by atoms with E-state index in [4.69, 9.17) is 12.2 Å². The zero-order valence-corrected chi connectivity index (χ0v) is 10.2. The van der Waals surface area contributed by atoms with Crippen molar-refractivity contribution in [2.45, 2.75) is 12.5 Å². The molecule has 4 nitrogen and oxygen atoms in total. The Bertz CT molecular complexity index is 399. The minimum Gasteiger partial charge on any atom is -0.507 e. The number of aliphatic hydroxyl groups excluding tert-OH is 1. The second kappa shape index (κ2) is 4.20. The van der Waals surface area contributed by atoms with Gasteiger partial charge in [0.25, 0.3) is 0 Å². The molecule has 0 amide bonds. The third-order valence-electron chi connectivity index (χ3n) is 2.38. The van der Waals surface area contributed by atoms with Crippen LogP contribution >= 0.6 is 12.2 Å². The lowest BCUT2D eigenvalue weighted by molar-refractivity contribution is -0.891. The van der Waals surface area contributed by atoms with Crippen LogP contribution in [0.2, 0.25) is 0 Å². The molecular weight excluding hydrogens is 210 g/mol. The van der Waals surface area contributed by atoms with E-state index >= 15 is 0 Å². The fourth-order valence-corrected chi connectivity index (χ4v) is 1.72. The standard InChI is InChI=1S/C10H17N3OS/c1-7(14)9(13(2,3)4)5-8-6-11-10(15)12-8/h6,9H,1,5H2,2-4H3,(H2-,11,12,14,15)/p+1/t9-/m0/s1. The molecule has 1 aromatic heterocycles. The summed E-state index contributed by atoms with van der Waals surface area (Å²) < 4.78 is 1.23. The Kier molecular flexibility index (Phi) is 3.36. The zero-order valence-electron chi connectivity index (χ0n) is 9.37. The van der Waals surface area contributed by atoms with Crippen LogP contribution in [0.25, 0.3) is 0 Å². The van der Waals surface area contributed by atoms with Crippen LogP contribution in [-0.2, 0) is 6.42 Å². The number of likely N-dealkylation sites (N-methyl/N-ethyl adjacent to an activating group) is 1. The molecule has 1 atom stereocenters.